The van der Waals surface area contributed by atoms with Crippen LogP contribution in [0.5, 0.6) is 0 Å². The van der Waals surface area contributed by atoms with Crippen LogP contribution in [0.1, 0.15) is 37.2 Å². The van der Waals surface area contributed by atoms with E-state index in [9.17, 15) is 13.2 Å². The van der Waals surface area contributed by atoms with Crippen LogP contribution in [0.2, 0.25) is 0 Å². The van der Waals surface area contributed by atoms with Crippen molar-refractivity contribution in [2.75, 3.05) is 12.3 Å². The van der Waals surface area contributed by atoms with Crippen molar-refractivity contribution in [3.8, 4) is 0 Å². The average molecular weight is 328 g/mol. The summed E-state index contributed by atoms with van der Waals surface area (Å²) in [7, 11) is -3.03. The van der Waals surface area contributed by atoms with Gasteiger partial charge in [0.05, 0.1) is 17.0 Å². The van der Waals surface area contributed by atoms with Crippen molar-refractivity contribution in [3.05, 3.63) is 22.4 Å². The molecule has 7 heteroatoms. The minimum absolute atomic E-state index is 0.0259. The van der Waals surface area contributed by atoms with E-state index in [1.165, 1.54) is 0 Å². The van der Waals surface area contributed by atoms with Gasteiger partial charge in [-0.25, -0.2) is 8.42 Å². The Morgan fingerprint density at radius 3 is 2.86 bits per heavy atom. The number of nitrogens with zero attached hydrogens (tertiary/aromatic N) is 1. The van der Waals surface area contributed by atoms with E-state index in [4.69, 9.17) is 0 Å². The number of sulfone groups is 1. The molecule has 3 heterocycles. The fourth-order valence-corrected chi connectivity index (χ4v) is 5.74. The Morgan fingerprint density at radius 1 is 1.48 bits per heavy atom. The smallest absolute Gasteiger partial charge is 0.241 e. The topological polar surface area (TPSA) is 66.5 Å². The molecule has 21 heavy (non-hydrogen) atoms. The minimum Gasteiger partial charge on any atom is -0.319 e. The van der Waals surface area contributed by atoms with Crippen molar-refractivity contribution in [2.45, 2.75) is 43.6 Å². The van der Waals surface area contributed by atoms with Gasteiger partial charge in [0.25, 0.3) is 0 Å². The maximum absolute atomic E-state index is 12.5. The molecule has 0 radical (unpaired) electrons. The number of amides is 1. The van der Waals surface area contributed by atoms with E-state index in [0.717, 1.165) is 4.88 Å². The van der Waals surface area contributed by atoms with E-state index in [2.05, 4.69) is 5.32 Å². The second-order valence-electron chi connectivity index (χ2n) is 5.67. The lowest BCUT2D eigenvalue weighted by molar-refractivity contribution is -0.130. The van der Waals surface area contributed by atoms with Crippen molar-refractivity contribution in [2.24, 2.45) is 0 Å². The maximum Gasteiger partial charge on any atom is 0.241 e. The molecular weight excluding hydrogens is 308 g/mol. The molecule has 0 aromatic carbocycles. The van der Waals surface area contributed by atoms with Gasteiger partial charge in [0.15, 0.2) is 9.84 Å². The molecule has 3 rings (SSSR count). The van der Waals surface area contributed by atoms with E-state index in [1.807, 2.05) is 24.4 Å². The van der Waals surface area contributed by atoms with Crippen LogP contribution in [0.4, 0.5) is 0 Å². The highest BCUT2D eigenvalue weighted by Gasteiger charge is 2.43. The van der Waals surface area contributed by atoms with E-state index < -0.39 is 15.1 Å². The first-order valence-corrected chi connectivity index (χ1v) is 9.94. The van der Waals surface area contributed by atoms with Crippen molar-refractivity contribution in [1.82, 2.24) is 10.2 Å². The van der Waals surface area contributed by atoms with Gasteiger partial charge in [-0.2, -0.15) is 0 Å². The van der Waals surface area contributed by atoms with Crippen molar-refractivity contribution < 1.29 is 13.2 Å². The minimum atomic E-state index is -3.03. The molecule has 0 spiro atoms. The zero-order valence-electron chi connectivity index (χ0n) is 12.0. The summed E-state index contributed by atoms with van der Waals surface area (Å²) in [6.45, 7) is 2.28. The molecule has 5 nitrogen and oxygen atoms in total. The van der Waals surface area contributed by atoms with Crippen LogP contribution in [-0.2, 0) is 14.6 Å². The number of carbonyl (C=O) groups excluding carboxylic acids is 1. The van der Waals surface area contributed by atoms with Gasteiger partial charge in [0.2, 0.25) is 5.91 Å². The Balaban J connectivity index is 1.84. The van der Waals surface area contributed by atoms with Gasteiger partial charge >= 0.3 is 0 Å². The van der Waals surface area contributed by atoms with Gasteiger partial charge in [0.1, 0.15) is 6.17 Å². The highest BCUT2D eigenvalue weighted by atomic mass is 32.2. The lowest BCUT2D eigenvalue weighted by Gasteiger charge is -2.25. The second-order valence-corrected chi connectivity index (χ2v) is 9.05. The summed E-state index contributed by atoms with van der Waals surface area (Å²) >= 11 is 1.59. The fraction of sp³-hybridized carbons (Fsp3) is 0.643. The van der Waals surface area contributed by atoms with Gasteiger partial charge in [-0.3, -0.25) is 10.1 Å². The SMILES string of the molecule is CCC1NC(c2cccs2)N(CC2CCCS2(=O)=O)C1=O. The van der Waals surface area contributed by atoms with Crippen molar-refractivity contribution in [1.29, 1.82) is 0 Å². The van der Waals surface area contributed by atoms with Crippen LogP contribution in [-0.4, -0.2) is 42.8 Å². The summed E-state index contributed by atoms with van der Waals surface area (Å²) in [6.07, 6.45) is 1.91. The number of hydrogen-bond acceptors (Lipinski definition) is 5. The normalized spacial score (nSPS) is 32.0. The maximum atomic E-state index is 12.5. The molecule has 0 saturated carbocycles. The molecule has 116 valence electrons. The third kappa shape index (κ3) is 2.74. The van der Waals surface area contributed by atoms with Crippen LogP contribution in [0.25, 0.3) is 0 Å². The zero-order chi connectivity index (χ0) is 15.0. The number of hydrogen-bond donors (Lipinski definition) is 1. The van der Waals surface area contributed by atoms with Crippen LogP contribution >= 0.6 is 11.3 Å². The Kier molecular flexibility index (Phi) is 4.07. The van der Waals surface area contributed by atoms with E-state index in [-0.39, 0.29) is 23.9 Å². The number of carbonyl (C=O) groups is 1. The van der Waals surface area contributed by atoms with Gasteiger partial charge < -0.3 is 4.90 Å². The van der Waals surface area contributed by atoms with Crippen LogP contribution < -0.4 is 5.32 Å². The summed E-state index contributed by atoms with van der Waals surface area (Å²) in [6, 6.07) is 3.74. The monoisotopic (exact) mass is 328 g/mol. The summed E-state index contributed by atoms with van der Waals surface area (Å²) in [5, 5.41) is 4.91. The fourth-order valence-electron chi connectivity index (χ4n) is 3.13. The molecule has 1 amide bonds. The highest BCUT2D eigenvalue weighted by Crippen LogP contribution is 2.32. The molecule has 3 unspecified atom stereocenters. The first-order valence-electron chi connectivity index (χ1n) is 7.34. The molecule has 2 saturated heterocycles. The van der Waals surface area contributed by atoms with E-state index >= 15 is 0 Å². The van der Waals surface area contributed by atoms with Gasteiger partial charge in [-0.15, -0.1) is 11.3 Å². The molecular formula is C14H20N2O3S2. The largest absolute Gasteiger partial charge is 0.319 e. The highest BCUT2D eigenvalue weighted by molar-refractivity contribution is 7.92. The first-order chi connectivity index (χ1) is 10.0. The molecule has 2 aliphatic heterocycles. The van der Waals surface area contributed by atoms with E-state index in [0.29, 0.717) is 25.8 Å². The molecule has 1 aromatic heterocycles. The lowest BCUT2D eigenvalue weighted by atomic mass is 10.2. The standard InChI is InChI=1S/C14H20N2O3S2/c1-2-11-14(17)16(9-10-5-4-8-21(10,18)19)13(15-11)12-6-3-7-20-12/h3,6-7,10-11,13,15H,2,4-5,8-9H2,1H3. The Labute approximate surface area is 129 Å². The second kappa shape index (κ2) is 5.70. The van der Waals surface area contributed by atoms with Gasteiger partial charge in [0, 0.05) is 11.4 Å². The summed E-state index contributed by atoms with van der Waals surface area (Å²) in [4.78, 5) is 15.3. The molecule has 0 aliphatic carbocycles. The average Bonchev–Trinajstić information content (AvgIpc) is 3.13. The third-order valence-corrected chi connectivity index (χ3v) is 7.52. The van der Waals surface area contributed by atoms with Crippen molar-refractivity contribution in [3.63, 3.8) is 0 Å². The summed E-state index contributed by atoms with van der Waals surface area (Å²) < 4.78 is 24.1. The van der Waals surface area contributed by atoms with Gasteiger partial charge in [-0.05, 0) is 30.7 Å². The van der Waals surface area contributed by atoms with Crippen molar-refractivity contribution >= 4 is 27.1 Å². The summed E-state index contributed by atoms with van der Waals surface area (Å²) in [5.41, 5.74) is 0. The number of thiophene rings is 1. The Bertz CT molecular complexity index is 612. The van der Waals surface area contributed by atoms with Gasteiger partial charge in [-0.1, -0.05) is 13.0 Å². The molecule has 0 bridgehead atoms. The van der Waals surface area contributed by atoms with Crippen LogP contribution in [0.3, 0.4) is 0 Å². The zero-order valence-corrected chi connectivity index (χ0v) is 13.6. The first kappa shape index (κ1) is 15.0. The lowest BCUT2D eigenvalue weighted by Crippen LogP contribution is -2.38. The number of rotatable bonds is 4. The quantitative estimate of drug-likeness (QED) is 0.910. The van der Waals surface area contributed by atoms with Crippen LogP contribution in [0.15, 0.2) is 17.5 Å². The third-order valence-electron chi connectivity index (χ3n) is 4.34. The molecule has 1 N–H and O–H groups in total. The molecule has 2 aliphatic rings. The molecule has 1 aromatic rings. The molecule has 2 fully saturated rings. The summed E-state index contributed by atoms with van der Waals surface area (Å²) in [5.74, 6) is 0.284. The predicted octanol–water partition coefficient (Wildman–Crippen LogP) is 1.53. The predicted molar refractivity (Wildman–Crippen MR) is 82.8 cm³/mol. The van der Waals surface area contributed by atoms with Crippen LogP contribution in [0, 0.1) is 0 Å². The molecule has 3 atom stereocenters. The Hall–Kier alpha value is -0.920. The Morgan fingerprint density at radius 2 is 2.29 bits per heavy atom. The number of nitrogens with one attached hydrogen (secondary N) is 1. The van der Waals surface area contributed by atoms with E-state index in [1.54, 1.807) is 16.2 Å².